The van der Waals surface area contributed by atoms with Crippen LogP contribution in [0, 0.1) is 0 Å². The maximum atomic E-state index is 13.8. The first-order chi connectivity index (χ1) is 16.5. The van der Waals surface area contributed by atoms with E-state index in [1.807, 2.05) is 40.7 Å². The van der Waals surface area contributed by atoms with Gasteiger partial charge in [-0.3, -0.25) is 14.5 Å². The minimum Gasteiger partial charge on any atom is -0.463 e. The number of hydrogen-bond donors (Lipinski definition) is 1. The van der Waals surface area contributed by atoms with Crippen LogP contribution in [-0.2, 0) is 11.3 Å². The topological polar surface area (TPSA) is 70.7 Å². The predicted molar refractivity (Wildman–Crippen MR) is 131 cm³/mol. The molecule has 0 spiro atoms. The van der Waals surface area contributed by atoms with Gasteiger partial charge in [0.05, 0.1) is 18.5 Å². The molecule has 0 bridgehead atoms. The normalized spacial score (nSPS) is 26.5. The van der Waals surface area contributed by atoms with E-state index in [-0.39, 0.29) is 17.9 Å². The van der Waals surface area contributed by atoms with Gasteiger partial charge >= 0.3 is 0 Å². The number of furan rings is 1. The van der Waals surface area contributed by atoms with E-state index in [1.165, 1.54) is 25.7 Å². The molecular weight excluding hydrogens is 428 g/mol. The van der Waals surface area contributed by atoms with Crippen molar-refractivity contribution in [2.45, 2.75) is 89.4 Å². The molecule has 34 heavy (non-hydrogen) atoms. The minimum atomic E-state index is -0.957. The van der Waals surface area contributed by atoms with Gasteiger partial charge in [0.25, 0.3) is 5.91 Å². The van der Waals surface area contributed by atoms with Gasteiger partial charge in [-0.15, -0.1) is 0 Å². The zero-order valence-electron chi connectivity index (χ0n) is 20.6. The molecule has 2 aliphatic heterocycles. The fraction of sp³-hybridized carbons (Fsp3) is 0.630. The molecule has 3 aliphatic rings. The second kappa shape index (κ2) is 9.61. The first kappa shape index (κ1) is 23.2. The Labute approximate surface area is 202 Å². The Hall–Kier alpha value is -2.54. The van der Waals surface area contributed by atoms with Gasteiger partial charge in [0.2, 0.25) is 5.91 Å². The lowest BCUT2D eigenvalue weighted by Crippen LogP contribution is -2.66. The molecule has 0 unspecified atom stereocenters. The number of piperidine rings is 1. The Balaban J connectivity index is 1.44. The molecule has 2 amide bonds. The summed E-state index contributed by atoms with van der Waals surface area (Å²) in [5.41, 5.74) is 0.511. The van der Waals surface area contributed by atoms with E-state index < -0.39 is 5.54 Å². The molecule has 2 aromatic heterocycles. The standard InChI is InChI=1S/C27H38N4O3/c1-20-9-6-7-15-29(20)16-17-31-25(32)23-14-13-22(24-12-8-18-34-24)30(23)19-27(31,2)26(33)28-21-10-4-3-5-11-21/h8,12-14,18,20-21H,3-7,9-11,15-17,19H2,1-2H3,(H,28,33)/t20-,27+/m1/s1. The highest BCUT2D eigenvalue weighted by molar-refractivity contribution is 6.00. The molecular formula is C27H38N4O3. The number of amides is 2. The molecule has 4 heterocycles. The predicted octanol–water partition coefficient (Wildman–Crippen LogP) is 4.29. The summed E-state index contributed by atoms with van der Waals surface area (Å²) in [5, 5.41) is 3.32. The van der Waals surface area contributed by atoms with Crippen LogP contribution in [-0.4, -0.2) is 63.4 Å². The van der Waals surface area contributed by atoms with Crippen molar-refractivity contribution in [2.24, 2.45) is 0 Å². The number of likely N-dealkylation sites (tertiary alicyclic amines) is 1. The van der Waals surface area contributed by atoms with Crippen LogP contribution in [0.4, 0.5) is 0 Å². The number of carbonyl (C=O) groups excluding carboxylic acids is 2. The van der Waals surface area contributed by atoms with Crippen LogP contribution in [0.1, 0.15) is 75.7 Å². The number of nitrogens with zero attached hydrogens (tertiary/aromatic N) is 3. The summed E-state index contributed by atoms with van der Waals surface area (Å²) in [5.74, 6) is 0.601. The maximum Gasteiger partial charge on any atom is 0.271 e. The van der Waals surface area contributed by atoms with Gasteiger partial charge in [-0.05, 0) is 70.3 Å². The van der Waals surface area contributed by atoms with Crippen LogP contribution in [0.5, 0.6) is 0 Å². The molecule has 1 saturated carbocycles. The van der Waals surface area contributed by atoms with Crippen molar-refractivity contribution in [3.8, 4) is 11.5 Å². The van der Waals surface area contributed by atoms with Crippen molar-refractivity contribution in [3.63, 3.8) is 0 Å². The van der Waals surface area contributed by atoms with Gasteiger partial charge < -0.3 is 19.2 Å². The Bertz CT molecular complexity index is 1010. The van der Waals surface area contributed by atoms with Crippen LogP contribution >= 0.6 is 0 Å². The molecule has 2 fully saturated rings. The van der Waals surface area contributed by atoms with Crippen molar-refractivity contribution in [2.75, 3.05) is 19.6 Å². The second-order valence-electron chi connectivity index (χ2n) is 10.6. The Kier molecular flexibility index (Phi) is 6.56. The van der Waals surface area contributed by atoms with E-state index >= 15 is 0 Å². The monoisotopic (exact) mass is 466 g/mol. The Morgan fingerprint density at radius 3 is 2.56 bits per heavy atom. The zero-order valence-corrected chi connectivity index (χ0v) is 20.6. The molecule has 7 heteroatoms. The van der Waals surface area contributed by atoms with E-state index in [9.17, 15) is 9.59 Å². The van der Waals surface area contributed by atoms with Crippen molar-refractivity contribution in [1.29, 1.82) is 0 Å². The first-order valence-electron chi connectivity index (χ1n) is 13.1. The number of rotatable bonds is 6. The molecule has 5 rings (SSSR count). The first-order valence-corrected chi connectivity index (χ1v) is 13.1. The van der Waals surface area contributed by atoms with Crippen molar-refractivity contribution >= 4 is 11.8 Å². The third-order valence-electron chi connectivity index (χ3n) is 8.26. The lowest BCUT2D eigenvalue weighted by atomic mass is 9.91. The van der Waals surface area contributed by atoms with Crippen molar-refractivity contribution in [3.05, 3.63) is 36.2 Å². The fourth-order valence-electron chi connectivity index (χ4n) is 6.07. The summed E-state index contributed by atoms with van der Waals surface area (Å²) in [6, 6.07) is 8.27. The largest absolute Gasteiger partial charge is 0.463 e. The lowest BCUT2D eigenvalue weighted by molar-refractivity contribution is -0.134. The molecule has 1 N–H and O–H groups in total. The SMILES string of the molecule is C[C@@H]1CCCCN1CCN1C(=O)c2ccc(-c3ccco3)n2C[C@@]1(C)C(=O)NC1CCCCC1. The smallest absolute Gasteiger partial charge is 0.271 e. The molecule has 1 aliphatic carbocycles. The molecule has 0 aromatic carbocycles. The van der Waals surface area contributed by atoms with Crippen LogP contribution in [0.3, 0.4) is 0 Å². The lowest BCUT2D eigenvalue weighted by Gasteiger charge is -2.46. The summed E-state index contributed by atoms with van der Waals surface area (Å²) in [6.45, 7) is 7.05. The average molecular weight is 467 g/mol. The number of fused-ring (bicyclic) bond motifs is 1. The van der Waals surface area contributed by atoms with Gasteiger partial charge in [-0.1, -0.05) is 25.7 Å². The summed E-state index contributed by atoms with van der Waals surface area (Å²) < 4.78 is 7.62. The Morgan fingerprint density at radius 1 is 1.06 bits per heavy atom. The minimum absolute atomic E-state index is 0.0378. The van der Waals surface area contributed by atoms with Gasteiger partial charge in [0, 0.05) is 25.2 Å². The quantitative estimate of drug-likeness (QED) is 0.690. The van der Waals surface area contributed by atoms with Gasteiger partial charge in [0.1, 0.15) is 17.0 Å². The van der Waals surface area contributed by atoms with E-state index in [2.05, 4.69) is 17.1 Å². The van der Waals surface area contributed by atoms with Crippen LogP contribution < -0.4 is 5.32 Å². The molecule has 1 saturated heterocycles. The molecule has 2 aromatic rings. The van der Waals surface area contributed by atoms with Gasteiger partial charge in [-0.2, -0.15) is 0 Å². The van der Waals surface area contributed by atoms with Crippen LogP contribution in [0.25, 0.3) is 11.5 Å². The molecule has 7 nitrogen and oxygen atoms in total. The summed E-state index contributed by atoms with van der Waals surface area (Å²) in [6.07, 6.45) is 10.9. The van der Waals surface area contributed by atoms with Crippen LogP contribution in [0.15, 0.2) is 34.9 Å². The van der Waals surface area contributed by atoms with E-state index in [1.54, 1.807) is 6.26 Å². The second-order valence-corrected chi connectivity index (χ2v) is 10.6. The van der Waals surface area contributed by atoms with Crippen LogP contribution in [0.2, 0.25) is 0 Å². The fourth-order valence-corrected chi connectivity index (χ4v) is 6.07. The van der Waals surface area contributed by atoms with E-state index in [4.69, 9.17) is 4.42 Å². The van der Waals surface area contributed by atoms with Crippen molar-refractivity contribution < 1.29 is 14.0 Å². The number of carbonyl (C=O) groups is 2. The zero-order chi connectivity index (χ0) is 23.7. The van der Waals surface area contributed by atoms with Crippen molar-refractivity contribution in [1.82, 2.24) is 19.7 Å². The highest BCUT2D eigenvalue weighted by Gasteiger charge is 2.48. The van der Waals surface area contributed by atoms with E-state index in [0.29, 0.717) is 30.6 Å². The molecule has 184 valence electrons. The Morgan fingerprint density at radius 2 is 1.82 bits per heavy atom. The highest BCUT2D eigenvalue weighted by Crippen LogP contribution is 2.34. The summed E-state index contributed by atoms with van der Waals surface area (Å²) in [7, 11) is 0. The highest BCUT2D eigenvalue weighted by atomic mass is 16.3. The van der Waals surface area contributed by atoms with E-state index in [0.717, 1.165) is 44.5 Å². The molecule has 0 radical (unpaired) electrons. The number of aromatic nitrogens is 1. The van der Waals surface area contributed by atoms with Gasteiger partial charge in [0.15, 0.2) is 0 Å². The molecule has 2 atom stereocenters. The van der Waals surface area contributed by atoms with Gasteiger partial charge in [-0.25, -0.2) is 0 Å². The maximum absolute atomic E-state index is 13.8. The summed E-state index contributed by atoms with van der Waals surface area (Å²) in [4.78, 5) is 32.0. The number of nitrogens with one attached hydrogen (secondary N) is 1. The third-order valence-corrected chi connectivity index (χ3v) is 8.26. The average Bonchev–Trinajstić information content (AvgIpc) is 3.50. The number of hydrogen-bond acceptors (Lipinski definition) is 4. The third kappa shape index (κ3) is 4.30. The summed E-state index contributed by atoms with van der Waals surface area (Å²) >= 11 is 0.